The Morgan fingerprint density at radius 1 is 1.33 bits per heavy atom. The number of nitrogens with two attached hydrogens (primary N) is 1. The van der Waals surface area contributed by atoms with Crippen LogP contribution in [0.4, 0.5) is 0 Å². The number of carbonyl (C=O) groups excluding carboxylic acids is 2. The van der Waals surface area contributed by atoms with Crippen molar-refractivity contribution in [2.75, 3.05) is 33.7 Å². The Bertz CT molecular complexity index is 527. The van der Waals surface area contributed by atoms with Gasteiger partial charge >= 0.3 is 0 Å². The van der Waals surface area contributed by atoms with Crippen LogP contribution < -0.4 is 11.1 Å². The summed E-state index contributed by atoms with van der Waals surface area (Å²) in [6, 6.07) is -0.312. The summed E-state index contributed by atoms with van der Waals surface area (Å²) in [5.41, 5.74) is 5.33. The van der Waals surface area contributed by atoms with E-state index in [-0.39, 0.29) is 43.9 Å². The number of hydrogen-bond donors (Lipinski definition) is 2. The molecule has 0 aliphatic carbocycles. The van der Waals surface area contributed by atoms with E-state index in [0.717, 1.165) is 12.8 Å². The molecule has 1 rings (SSSR count). The third-order valence-electron chi connectivity index (χ3n) is 4.04. The highest BCUT2D eigenvalue weighted by molar-refractivity contribution is 7.90. The Balaban J connectivity index is 0.00000529. The number of nitrogens with zero attached hydrogens (tertiary/aromatic N) is 2. The Morgan fingerprint density at radius 3 is 2.50 bits per heavy atom. The lowest BCUT2D eigenvalue weighted by Gasteiger charge is -2.36. The first kappa shape index (κ1) is 23.1. The van der Waals surface area contributed by atoms with E-state index in [1.807, 2.05) is 0 Å². The Kier molecular flexibility index (Phi) is 9.79. The fourth-order valence-electron chi connectivity index (χ4n) is 2.66. The monoisotopic (exact) mass is 384 g/mol. The average Bonchev–Trinajstić information content (AvgIpc) is 2.51. The van der Waals surface area contributed by atoms with Gasteiger partial charge in [-0.1, -0.05) is 6.42 Å². The van der Waals surface area contributed by atoms with Crippen LogP contribution >= 0.6 is 12.4 Å². The Labute approximate surface area is 150 Å². The predicted octanol–water partition coefficient (Wildman–Crippen LogP) is -0.466. The molecule has 1 heterocycles. The molecule has 1 saturated heterocycles. The van der Waals surface area contributed by atoms with Crippen LogP contribution in [0.3, 0.4) is 0 Å². The van der Waals surface area contributed by atoms with Gasteiger partial charge in [-0.05, 0) is 19.8 Å². The van der Waals surface area contributed by atoms with E-state index in [1.54, 1.807) is 0 Å². The molecule has 0 spiro atoms. The van der Waals surface area contributed by atoms with Crippen molar-refractivity contribution in [3.8, 4) is 0 Å². The molecule has 0 radical (unpaired) electrons. The van der Waals surface area contributed by atoms with Crippen molar-refractivity contribution >= 4 is 34.2 Å². The maximum atomic E-state index is 12.8. The van der Waals surface area contributed by atoms with E-state index >= 15 is 0 Å². The number of sulfonamides is 1. The molecule has 2 atom stereocenters. The highest BCUT2D eigenvalue weighted by Crippen LogP contribution is 2.23. The first-order valence-corrected chi connectivity index (χ1v) is 9.40. The number of amides is 2. The van der Waals surface area contributed by atoms with E-state index in [0.29, 0.717) is 13.0 Å². The summed E-state index contributed by atoms with van der Waals surface area (Å²) in [5, 5.41) is 1.60. The molecule has 1 fully saturated rings. The highest BCUT2D eigenvalue weighted by Gasteiger charge is 2.39. The maximum absolute atomic E-state index is 12.8. The van der Waals surface area contributed by atoms with Gasteiger partial charge in [0.15, 0.2) is 5.25 Å². The van der Waals surface area contributed by atoms with Gasteiger partial charge in [-0.3, -0.25) is 9.59 Å². The number of halogens is 1. The molecular formula is C14H29ClN4O4S. The quantitative estimate of drug-likeness (QED) is 0.616. The van der Waals surface area contributed by atoms with Gasteiger partial charge in [-0.15, -0.1) is 12.4 Å². The van der Waals surface area contributed by atoms with Gasteiger partial charge in [0.2, 0.25) is 21.8 Å². The zero-order chi connectivity index (χ0) is 17.6. The minimum Gasteiger partial charge on any atom is -0.354 e. The second kappa shape index (κ2) is 10.2. The van der Waals surface area contributed by atoms with Gasteiger partial charge in [0.05, 0.1) is 0 Å². The van der Waals surface area contributed by atoms with Crippen LogP contribution in [0.5, 0.6) is 0 Å². The van der Waals surface area contributed by atoms with Crippen LogP contribution in [-0.4, -0.2) is 74.5 Å². The van der Waals surface area contributed by atoms with Crippen molar-refractivity contribution < 1.29 is 18.0 Å². The topological polar surface area (TPSA) is 113 Å². The molecule has 10 heteroatoms. The van der Waals surface area contributed by atoms with Crippen molar-refractivity contribution in [2.24, 2.45) is 5.73 Å². The summed E-state index contributed by atoms with van der Waals surface area (Å²) in [4.78, 5) is 24.9. The van der Waals surface area contributed by atoms with Gasteiger partial charge < -0.3 is 16.0 Å². The van der Waals surface area contributed by atoms with Gasteiger partial charge in [-0.2, -0.15) is 4.31 Å². The second-order valence-corrected chi connectivity index (χ2v) is 8.23. The van der Waals surface area contributed by atoms with Crippen molar-refractivity contribution in [1.29, 1.82) is 0 Å². The maximum Gasteiger partial charge on any atom is 0.241 e. The van der Waals surface area contributed by atoms with E-state index in [1.165, 1.54) is 30.2 Å². The summed E-state index contributed by atoms with van der Waals surface area (Å²) in [6.45, 7) is 2.30. The Hall–Kier alpha value is -0.900. The highest BCUT2D eigenvalue weighted by atomic mass is 35.5. The molecular weight excluding hydrogens is 356 g/mol. The molecule has 0 aromatic carbocycles. The summed E-state index contributed by atoms with van der Waals surface area (Å²) < 4.78 is 26.9. The summed E-state index contributed by atoms with van der Waals surface area (Å²) in [7, 11) is -0.676. The fraction of sp³-hybridized carbons (Fsp3) is 0.857. The van der Waals surface area contributed by atoms with E-state index in [2.05, 4.69) is 5.32 Å². The zero-order valence-corrected chi connectivity index (χ0v) is 16.2. The van der Waals surface area contributed by atoms with E-state index in [4.69, 9.17) is 5.73 Å². The van der Waals surface area contributed by atoms with Crippen LogP contribution in [0, 0.1) is 0 Å². The summed E-state index contributed by atoms with van der Waals surface area (Å²) >= 11 is 0. The van der Waals surface area contributed by atoms with Crippen molar-refractivity contribution in [3.63, 3.8) is 0 Å². The molecule has 142 valence electrons. The number of hydrogen-bond acceptors (Lipinski definition) is 5. The lowest BCUT2D eigenvalue weighted by Crippen LogP contribution is -2.54. The molecule has 8 nitrogen and oxygen atoms in total. The van der Waals surface area contributed by atoms with Crippen LogP contribution in [-0.2, 0) is 19.6 Å². The minimum atomic E-state index is -3.75. The van der Waals surface area contributed by atoms with Crippen LogP contribution in [0.2, 0.25) is 0 Å². The smallest absolute Gasteiger partial charge is 0.241 e. The molecule has 0 bridgehead atoms. The van der Waals surface area contributed by atoms with E-state index < -0.39 is 21.2 Å². The van der Waals surface area contributed by atoms with Gasteiger partial charge in [0, 0.05) is 46.2 Å². The third-order valence-corrected chi connectivity index (χ3v) is 6.27. The number of carbonyl (C=O) groups is 2. The number of nitrogens with one attached hydrogen (secondary N) is 1. The SMILES string of the molecule is CC(C(=O)N(C)C)S(=O)(=O)N1CCCCC1CNC(=O)CCN.Cl. The van der Waals surface area contributed by atoms with Crippen molar-refractivity contribution in [2.45, 2.75) is 43.9 Å². The predicted molar refractivity (Wildman–Crippen MR) is 95.3 cm³/mol. The van der Waals surface area contributed by atoms with Crippen molar-refractivity contribution in [1.82, 2.24) is 14.5 Å². The van der Waals surface area contributed by atoms with Crippen LogP contribution in [0.1, 0.15) is 32.6 Å². The largest absolute Gasteiger partial charge is 0.354 e. The lowest BCUT2D eigenvalue weighted by molar-refractivity contribution is -0.128. The second-order valence-electron chi connectivity index (χ2n) is 6.02. The molecule has 0 saturated carbocycles. The molecule has 24 heavy (non-hydrogen) atoms. The van der Waals surface area contributed by atoms with Gasteiger partial charge in [0.25, 0.3) is 0 Å². The van der Waals surface area contributed by atoms with Crippen molar-refractivity contribution in [3.05, 3.63) is 0 Å². The average molecular weight is 385 g/mol. The minimum absolute atomic E-state index is 0. The lowest BCUT2D eigenvalue weighted by atomic mass is 10.1. The standard InChI is InChI=1S/C14H28N4O4S.ClH/c1-11(14(20)17(2)3)23(21,22)18-9-5-4-6-12(18)10-16-13(19)7-8-15;/h11-12H,4-10,15H2,1-3H3,(H,16,19);1H. The van der Waals surface area contributed by atoms with E-state index in [9.17, 15) is 18.0 Å². The van der Waals surface area contributed by atoms with Crippen LogP contribution in [0.25, 0.3) is 0 Å². The molecule has 0 aromatic rings. The molecule has 2 amide bonds. The first-order valence-electron chi connectivity index (χ1n) is 7.90. The number of rotatable bonds is 7. The molecule has 3 N–H and O–H groups in total. The molecule has 2 unspecified atom stereocenters. The fourth-order valence-corrected chi connectivity index (χ4v) is 4.51. The number of piperidine rings is 1. The third kappa shape index (κ3) is 5.87. The summed E-state index contributed by atoms with van der Waals surface area (Å²) in [6.07, 6.45) is 2.55. The Morgan fingerprint density at radius 2 is 1.96 bits per heavy atom. The van der Waals surface area contributed by atoms with Gasteiger partial charge in [0.1, 0.15) is 0 Å². The molecule has 1 aliphatic heterocycles. The van der Waals surface area contributed by atoms with Gasteiger partial charge in [-0.25, -0.2) is 8.42 Å². The first-order chi connectivity index (χ1) is 10.7. The normalized spacial score (nSPS) is 19.9. The zero-order valence-electron chi connectivity index (χ0n) is 14.5. The molecule has 1 aliphatic rings. The molecule has 0 aromatic heterocycles. The summed E-state index contributed by atoms with van der Waals surface area (Å²) in [5.74, 6) is -0.630. The van der Waals surface area contributed by atoms with Crippen LogP contribution in [0.15, 0.2) is 0 Å².